The van der Waals surface area contributed by atoms with E-state index in [9.17, 15) is 4.79 Å². The van der Waals surface area contributed by atoms with Crippen molar-refractivity contribution in [3.05, 3.63) is 15.6 Å². The maximum absolute atomic E-state index is 11.5. The maximum atomic E-state index is 11.5. The lowest BCUT2D eigenvalue weighted by atomic mass is 9.73. The molecule has 3 heterocycles. The van der Waals surface area contributed by atoms with Gasteiger partial charge in [-0.25, -0.2) is 4.98 Å². The lowest BCUT2D eigenvalue weighted by molar-refractivity contribution is -0.121. The van der Waals surface area contributed by atoms with Crippen LogP contribution in [0.4, 0.5) is 0 Å². The normalized spacial score (nSPS) is 23.0. The minimum absolute atomic E-state index is 0.239. The van der Waals surface area contributed by atoms with Crippen molar-refractivity contribution in [2.45, 2.75) is 52.5 Å². The van der Waals surface area contributed by atoms with Crippen LogP contribution in [-0.4, -0.2) is 35.4 Å². The van der Waals surface area contributed by atoms with E-state index in [0.717, 1.165) is 39.0 Å². The molecule has 1 amide bonds. The Morgan fingerprint density at radius 2 is 2.00 bits per heavy atom. The Hall–Kier alpha value is -0.940. The van der Waals surface area contributed by atoms with E-state index >= 15 is 0 Å². The summed E-state index contributed by atoms with van der Waals surface area (Å²) >= 11 is 1.83. The van der Waals surface area contributed by atoms with Crippen LogP contribution in [0, 0.1) is 19.3 Å². The molecule has 1 spiro atoms. The highest BCUT2D eigenvalue weighted by Crippen LogP contribution is 2.40. The largest absolute Gasteiger partial charge is 0.356 e. The molecule has 4 nitrogen and oxygen atoms in total. The van der Waals surface area contributed by atoms with Crippen LogP contribution in [0.2, 0.25) is 0 Å². The van der Waals surface area contributed by atoms with Gasteiger partial charge in [0.2, 0.25) is 5.91 Å². The van der Waals surface area contributed by atoms with Crippen LogP contribution in [0.1, 0.15) is 47.7 Å². The molecule has 0 radical (unpaired) electrons. The van der Waals surface area contributed by atoms with E-state index in [1.165, 1.54) is 28.4 Å². The standard InChI is InChI=1S/C16H25N3OS/c1-12-13(2)21-15(18-12)11-19-9-6-16(7-10-19)4-3-14(20)17-8-5-16/h3-11H2,1-2H3,(H,17,20). The molecule has 21 heavy (non-hydrogen) atoms. The summed E-state index contributed by atoms with van der Waals surface area (Å²) in [6, 6.07) is 0. The summed E-state index contributed by atoms with van der Waals surface area (Å²) < 4.78 is 0. The second kappa shape index (κ2) is 6.05. The first-order valence-electron chi connectivity index (χ1n) is 7.98. The second-order valence-corrected chi connectivity index (χ2v) is 7.91. The molecule has 2 saturated heterocycles. The first-order valence-corrected chi connectivity index (χ1v) is 8.80. The summed E-state index contributed by atoms with van der Waals surface area (Å²) in [6.45, 7) is 8.39. The molecule has 1 N–H and O–H groups in total. The van der Waals surface area contributed by atoms with Gasteiger partial charge in [-0.15, -0.1) is 11.3 Å². The average Bonchev–Trinajstić information content (AvgIpc) is 2.67. The lowest BCUT2D eigenvalue weighted by Crippen LogP contribution is -2.40. The van der Waals surface area contributed by atoms with Gasteiger partial charge in [0, 0.05) is 17.8 Å². The Morgan fingerprint density at radius 1 is 1.24 bits per heavy atom. The Labute approximate surface area is 130 Å². The Kier molecular flexibility index (Phi) is 4.31. The van der Waals surface area contributed by atoms with E-state index < -0.39 is 0 Å². The average molecular weight is 307 g/mol. The highest BCUT2D eigenvalue weighted by Gasteiger charge is 2.36. The quantitative estimate of drug-likeness (QED) is 0.913. The van der Waals surface area contributed by atoms with Gasteiger partial charge in [0.05, 0.1) is 12.2 Å². The fourth-order valence-electron chi connectivity index (χ4n) is 3.54. The van der Waals surface area contributed by atoms with Crippen LogP contribution < -0.4 is 5.32 Å². The van der Waals surface area contributed by atoms with Gasteiger partial charge < -0.3 is 5.32 Å². The van der Waals surface area contributed by atoms with Gasteiger partial charge >= 0.3 is 0 Å². The summed E-state index contributed by atoms with van der Waals surface area (Å²) in [6.07, 6.45) is 5.39. The molecule has 0 atom stereocenters. The molecule has 2 fully saturated rings. The number of carbonyl (C=O) groups is 1. The number of thiazole rings is 1. The number of rotatable bonds is 2. The number of hydrogen-bond acceptors (Lipinski definition) is 4. The highest BCUT2D eigenvalue weighted by molar-refractivity contribution is 7.11. The molecule has 0 aromatic carbocycles. The smallest absolute Gasteiger partial charge is 0.220 e. The predicted octanol–water partition coefficient (Wildman–Crippen LogP) is 2.64. The van der Waals surface area contributed by atoms with Gasteiger partial charge in [-0.2, -0.15) is 0 Å². The molecule has 0 saturated carbocycles. The van der Waals surface area contributed by atoms with Crippen molar-refractivity contribution >= 4 is 17.2 Å². The molecule has 0 bridgehead atoms. The zero-order valence-electron chi connectivity index (χ0n) is 13.1. The van der Waals surface area contributed by atoms with E-state index in [2.05, 4.69) is 29.0 Å². The number of likely N-dealkylation sites (tertiary alicyclic amines) is 1. The predicted molar refractivity (Wildman–Crippen MR) is 85.4 cm³/mol. The molecule has 0 aliphatic carbocycles. The van der Waals surface area contributed by atoms with Gasteiger partial charge in [0.25, 0.3) is 0 Å². The van der Waals surface area contributed by atoms with Crippen molar-refractivity contribution in [3.8, 4) is 0 Å². The van der Waals surface area contributed by atoms with E-state index in [0.29, 0.717) is 11.8 Å². The third-order valence-electron chi connectivity index (χ3n) is 5.21. The van der Waals surface area contributed by atoms with Crippen molar-refractivity contribution in [1.82, 2.24) is 15.2 Å². The van der Waals surface area contributed by atoms with E-state index in [4.69, 9.17) is 0 Å². The van der Waals surface area contributed by atoms with Crippen molar-refractivity contribution in [2.24, 2.45) is 5.41 Å². The first-order chi connectivity index (χ1) is 10.1. The number of carbonyl (C=O) groups excluding carboxylic acids is 1. The van der Waals surface area contributed by atoms with E-state index in [-0.39, 0.29) is 5.91 Å². The molecule has 2 aliphatic rings. The molecule has 0 unspecified atom stereocenters. The minimum atomic E-state index is 0.239. The number of piperidine rings is 1. The summed E-state index contributed by atoms with van der Waals surface area (Å²) in [7, 11) is 0. The number of aryl methyl sites for hydroxylation is 2. The molecule has 116 valence electrons. The third-order valence-corrected chi connectivity index (χ3v) is 6.27. The SMILES string of the molecule is Cc1nc(CN2CCC3(CCNC(=O)CC3)CC2)sc1C. The van der Waals surface area contributed by atoms with E-state index in [1.807, 2.05) is 11.3 Å². The Balaban J connectivity index is 1.56. The summed E-state index contributed by atoms with van der Waals surface area (Å²) in [5.74, 6) is 0.239. The molecule has 1 aromatic rings. The second-order valence-electron chi connectivity index (χ2n) is 6.63. The summed E-state index contributed by atoms with van der Waals surface area (Å²) in [5.41, 5.74) is 1.58. The van der Waals surface area contributed by atoms with Crippen LogP contribution in [0.5, 0.6) is 0 Å². The molecular formula is C16H25N3OS. The fourth-order valence-corrected chi connectivity index (χ4v) is 4.52. The Bertz CT molecular complexity index is 498. The monoisotopic (exact) mass is 307 g/mol. The summed E-state index contributed by atoms with van der Waals surface area (Å²) in [5, 5.41) is 4.26. The number of amides is 1. The van der Waals surface area contributed by atoms with Crippen LogP contribution in [0.25, 0.3) is 0 Å². The summed E-state index contributed by atoms with van der Waals surface area (Å²) in [4.78, 5) is 20.0. The third kappa shape index (κ3) is 3.46. The van der Waals surface area contributed by atoms with Crippen LogP contribution in [-0.2, 0) is 11.3 Å². The number of nitrogens with one attached hydrogen (secondary N) is 1. The number of aromatic nitrogens is 1. The van der Waals surface area contributed by atoms with Gasteiger partial charge in [0.1, 0.15) is 5.01 Å². The van der Waals surface area contributed by atoms with Crippen molar-refractivity contribution in [1.29, 1.82) is 0 Å². The van der Waals surface area contributed by atoms with Gasteiger partial charge in [-0.1, -0.05) is 0 Å². The first kappa shape index (κ1) is 15.0. The molecule has 1 aromatic heterocycles. The molecule has 5 heteroatoms. The van der Waals surface area contributed by atoms with Crippen LogP contribution in [0.3, 0.4) is 0 Å². The van der Waals surface area contributed by atoms with Crippen molar-refractivity contribution in [2.75, 3.05) is 19.6 Å². The fraction of sp³-hybridized carbons (Fsp3) is 0.750. The number of hydrogen-bond donors (Lipinski definition) is 1. The van der Waals surface area contributed by atoms with E-state index in [1.54, 1.807) is 0 Å². The lowest BCUT2D eigenvalue weighted by Gasteiger charge is -2.41. The van der Waals surface area contributed by atoms with Crippen LogP contribution >= 0.6 is 11.3 Å². The maximum Gasteiger partial charge on any atom is 0.220 e. The van der Waals surface area contributed by atoms with Crippen LogP contribution in [0.15, 0.2) is 0 Å². The minimum Gasteiger partial charge on any atom is -0.356 e. The van der Waals surface area contributed by atoms with Gasteiger partial charge in [-0.05, 0) is 58.0 Å². The number of nitrogens with zero attached hydrogens (tertiary/aromatic N) is 2. The topological polar surface area (TPSA) is 45.2 Å². The van der Waals surface area contributed by atoms with Crippen molar-refractivity contribution in [3.63, 3.8) is 0 Å². The molecular weight excluding hydrogens is 282 g/mol. The van der Waals surface area contributed by atoms with Crippen molar-refractivity contribution < 1.29 is 4.79 Å². The molecule has 2 aliphatic heterocycles. The Morgan fingerprint density at radius 3 is 2.67 bits per heavy atom. The zero-order valence-corrected chi connectivity index (χ0v) is 13.9. The highest BCUT2D eigenvalue weighted by atomic mass is 32.1. The van der Waals surface area contributed by atoms with Gasteiger partial charge in [-0.3, -0.25) is 9.69 Å². The zero-order chi connectivity index (χ0) is 14.9. The molecule has 3 rings (SSSR count). The van der Waals surface area contributed by atoms with Gasteiger partial charge in [0.15, 0.2) is 0 Å².